The number of nitrogens with one attached hydrogen (secondary N) is 2. The molecule has 1 heterocycles. The van der Waals surface area contributed by atoms with Crippen molar-refractivity contribution in [1.82, 2.24) is 15.6 Å². The highest BCUT2D eigenvalue weighted by Gasteiger charge is 2.06. The first-order valence-corrected chi connectivity index (χ1v) is 9.35. The Bertz CT molecular complexity index is 892. The lowest BCUT2D eigenvalue weighted by atomic mass is 10.1. The number of hydrogen-bond donors (Lipinski definition) is 2. The van der Waals surface area contributed by atoms with Crippen LogP contribution in [0.4, 0.5) is 0 Å². The maximum absolute atomic E-state index is 5.92. The Morgan fingerprint density at radius 3 is 2.39 bits per heavy atom. The van der Waals surface area contributed by atoms with Gasteiger partial charge in [0.1, 0.15) is 6.61 Å². The van der Waals surface area contributed by atoms with Crippen LogP contribution in [-0.2, 0) is 19.7 Å². The number of aliphatic imine (C=N–C) groups is 1. The molecule has 0 aliphatic carbocycles. The summed E-state index contributed by atoms with van der Waals surface area (Å²) in [7, 11) is 1.76. The normalized spacial score (nSPS) is 11.1. The molecule has 0 saturated heterocycles. The van der Waals surface area contributed by atoms with Gasteiger partial charge in [-0.25, -0.2) is 4.98 Å². The quantitative estimate of drug-likeness (QED) is 0.487. The fourth-order valence-electron chi connectivity index (χ4n) is 2.71. The van der Waals surface area contributed by atoms with Gasteiger partial charge in [-0.2, -0.15) is 0 Å². The molecule has 1 aromatic heterocycles. The van der Waals surface area contributed by atoms with E-state index < -0.39 is 0 Å². The summed E-state index contributed by atoms with van der Waals surface area (Å²) < 4.78 is 5.92. The molecule has 0 amide bonds. The first-order valence-electron chi connectivity index (χ1n) is 9.35. The number of aryl methyl sites for hydroxylation is 1. The monoisotopic (exact) mass is 374 g/mol. The molecule has 0 radical (unpaired) electrons. The zero-order valence-electron chi connectivity index (χ0n) is 16.4. The highest BCUT2D eigenvalue weighted by molar-refractivity contribution is 5.79. The van der Waals surface area contributed by atoms with Crippen molar-refractivity contribution in [3.63, 3.8) is 0 Å². The molecule has 5 nitrogen and oxygen atoms in total. The van der Waals surface area contributed by atoms with E-state index in [2.05, 4.69) is 51.8 Å². The van der Waals surface area contributed by atoms with Gasteiger partial charge in [-0.05, 0) is 24.1 Å². The third kappa shape index (κ3) is 5.84. The lowest BCUT2D eigenvalue weighted by Crippen LogP contribution is -2.36. The number of pyridine rings is 1. The zero-order valence-corrected chi connectivity index (χ0v) is 16.4. The number of nitrogens with zero attached hydrogens (tertiary/aromatic N) is 2. The van der Waals surface area contributed by atoms with E-state index in [1.54, 1.807) is 13.2 Å². The maximum atomic E-state index is 5.92. The molecule has 2 aromatic carbocycles. The molecular formula is C23H26N4O. The van der Waals surface area contributed by atoms with Crippen molar-refractivity contribution < 1.29 is 4.74 Å². The first-order chi connectivity index (χ1) is 13.7. The lowest BCUT2D eigenvalue weighted by molar-refractivity contribution is 0.290. The first kappa shape index (κ1) is 19.4. The number of aromatic nitrogens is 1. The Morgan fingerprint density at radius 1 is 0.893 bits per heavy atom. The van der Waals surface area contributed by atoms with Crippen LogP contribution in [0.5, 0.6) is 5.88 Å². The molecule has 3 aromatic rings. The van der Waals surface area contributed by atoms with Crippen molar-refractivity contribution in [3.8, 4) is 5.88 Å². The predicted molar refractivity (Wildman–Crippen MR) is 113 cm³/mol. The van der Waals surface area contributed by atoms with Crippen molar-refractivity contribution >= 4 is 5.96 Å². The van der Waals surface area contributed by atoms with Gasteiger partial charge in [0.2, 0.25) is 5.88 Å². The van der Waals surface area contributed by atoms with E-state index >= 15 is 0 Å². The van der Waals surface area contributed by atoms with E-state index in [1.807, 2.05) is 42.5 Å². The van der Waals surface area contributed by atoms with Crippen LogP contribution in [-0.4, -0.2) is 18.0 Å². The molecule has 144 valence electrons. The third-order valence-corrected chi connectivity index (χ3v) is 4.32. The summed E-state index contributed by atoms with van der Waals surface area (Å²) in [6.45, 7) is 3.87. The standard InChI is InChI=1S/C23H26N4O/c1-18-10-12-19(13-11-18)15-26-23(24-2)27-16-21-9-6-14-25-22(21)28-17-20-7-4-3-5-8-20/h3-14H,15-17H2,1-2H3,(H2,24,26,27). The van der Waals surface area contributed by atoms with Gasteiger partial charge in [0.15, 0.2) is 5.96 Å². The molecule has 28 heavy (non-hydrogen) atoms. The summed E-state index contributed by atoms with van der Waals surface area (Å²) in [5.41, 5.74) is 4.56. The van der Waals surface area contributed by atoms with Crippen molar-refractivity contribution in [1.29, 1.82) is 0 Å². The summed E-state index contributed by atoms with van der Waals surface area (Å²) >= 11 is 0. The summed E-state index contributed by atoms with van der Waals surface area (Å²) in [6.07, 6.45) is 1.74. The molecular weight excluding hydrogens is 348 g/mol. The van der Waals surface area contributed by atoms with Crippen LogP contribution < -0.4 is 15.4 Å². The van der Waals surface area contributed by atoms with Gasteiger partial charge in [0.05, 0.1) is 0 Å². The second-order valence-electron chi connectivity index (χ2n) is 6.51. The molecule has 0 unspecified atom stereocenters. The van der Waals surface area contributed by atoms with E-state index in [4.69, 9.17) is 4.74 Å². The molecule has 0 aliphatic heterocycles. The van der Waals surface area contributed by atoms with Crippen LogP contribution in [0.15, 0.2) is 77.9 Å². The number of guanidine groups is 1. The Kier molecular flexibility index (Phi) is 7.01. The van der Waals surface area contributed by atoms with Crippen LogP contribution in [0.1, 0.15) is 22.3 Å². The van der Waals surface area contributed by atoms with E-state index in [1.165, 1.54) is 11.1 Å². The predicted octanol–water partition coefficient (Wildman–Crippen LogP) is 3.83. The number of rotatable bonds is 7. The number of benzene rings is 2. The molecule has 3 rings (SSSR count). The molecule has 0 spiro atoms. The second kappa shape index (κ2) is 10.1. The van der Waals surface area contributed by atoms with Crippen molar-refractivity contribution in [2.75, 3.05) is 7.05 Å². The highest BCUT2D eigenvalue weighted by Crippen LogP contribution is 2.16. The molecule has 0 atom stereocenters. The van der Waals surface area contributed by atoms with Crippen LogP contribution in [0.2, 0.25) is 0 Å². The van der Waals surface area contributed by atoms with Gasteiger partial charge in [-0.1, -0.05) is 66.2 Å². The molecule has 0 fully saturated rings. The fraction of sp³-hybridized carbons (Fsp3) is 0.217. The Hall–Kier alpha value is -3.34. The second-order valence-corrected chi connectivity index (χ2v) is 6.51. The van der Waals surface area contributed by atoms with E-state index in [0.717, 1.165) is 17.1 Å². The van der Waals surface area contributed by atoms with Crippen LogP contribution in [0, 0.1) is 6.92 Å². The lowest BCUT2D eigenvalue weighted by Gasteiger charge is -2.14. The van der Waals surface area contributed by atoms with Crippen LogP contribution in [0.25, 0.3) is 0 Å². The maximum Gasteiger partial charge on any atom is 0.218 e. The molecule has 0 saturated carbocycles. The van der Waals surface area contributed by atoms with Crippen LogP contribution in [0.3, 0.4) is 0 Å². The Labute approximate surface area is 166 Å². The third-order valence-electron chi connectivity index (χ3n) is 4.32. The summed E-state index contributed by atoms with van der Waals surface area (Å²) in [5.74, 6) is 1.37. The summed E-state index contributed by atoms with van der Waals surface area (Å²) in [6, 6.07) is 22.5. The fourth-order valence-corrected chi connectivity index (χ4v) is 2.71. The average molecular weight is 374 g/mol. The van der Waals surface area contributed by atoms with Gasteiger partial charge in [-0.15, -0.1) is 0 Å². The molecule has 2 N–H and O–H groups in total. The van der Waals surface area contributed by atoms with E-state index in [9.17, 15) is 0 Å². The van der Waals surface area contributed by atoms with Gasteiger partial charge in [0.25, 0.3) is 0 Å². The number of hydrogen-bond acceptors (Lipinski definition) is 3. The number of ether oxygens (including phenoxy) is 1. The van der Waals surface area contributed by atoms with E-state index in [-0.39, 0.29) is 0 Å². The van der Waals surface area contributed by atoms with Gasteiger partial charge < -0.3 is 15.4 Å². The SMILES string of the molecule is CN=C(NCc1ccc(C)cc1)NCc1cccnc1OCc1ccccc1. The molecule has 5 heteroatoms. The van der Waals surface area contributed by atoms with Gasteiger partial charge >= 0.3 is 0 Å². The summed E-state index contributed by atoms with van der Waals surface area (Å²) in [4.78, 5) is 8.67. The van der Waals surface area contributed by atoms with E-state index in [0.29, 0.717) is 25.6 Å². The van der Waals surface area contributed by atoms with Crippen molar-refractivity contribution in [3.05, 3.63) is 95.2 Å². The minimum atomic E-state index is 0.491. The van der Waals surface area contributed by atoms with Crippen molar-refractivity contribution in [2.45, 2.75) is 26.6 Å². The molecule has 0 bridgehead atoms. The van der Waals surface area contributed by atoms with Gasteiger partial charge in [0, 0.05) is 31.9 Å². The van der Waals surface area contributed by atoms with Gasteiger partial charge in [-0.3, -0.25) is 4.99 Å². The largest absolute Gasteiger partial charge is 0.473 e. The Balaban J connectivity index is 1.54. The topological polar surface area (TPSA) is 58.5 Å². The average Bonchev–Trinajstić information content (AvgIpc) is 2.75. The molecule has 0 aliphatic rings. The zero-order chi connectivity index (χ0) is 19.6. The van der Waals surface area contributed by atoms with Crippen molar-refractivity contribution in [2.24, 2.45) is 4.99 Å². The minimum Gasteiger partial charge on any atom is -0.473 e. The Morgan fingerprint density at radius 2 is 1.64 bits per heavy atom. The highest BCUT2D eigenvalue weighted by atomic mass is 16.5. The summed E-state index contributed by atoms with van der Waals surface area (Å²) in [5, 5.41) is 6.66. The minimum absolute atomic E-state index is 0.491. The van der Waals surface area contributed by atoms with Crippen LogP contribution >= 0.6 is 0 Å². The smallest absolute Gasteiger partial charge is 0.218 e.